The van der Waals surface area contributed by atoms with Gasteiger partial charge in [0.25, 0.3) is 0 Å². The topological polar surface area (TPSA) is 84.4 Å². The SMILES string of the molecule is CC[C@@H](NC(C)=O)C(=O)N1Cc2cnc(Cc3ccc(OC)cc3)nc2C1. The van der Waals surface area contributed by atoms with Crippen LogP contribution in [0.15, 0.2) is 30.5 Å². The number of nitrogens with zero attached hydrogens (tertiary/aromatic N) is 3. The van der Waals surface area contributed by atoms with Gasteiger partial charge < -0.3 is 15.0 Å². The second-order valence-electron chi connectivity index (χ2n) is 6.64. The van der Waals surface area contributed by atoms with Crippen molar-refractivity contribution in [3.8, 4) is 5.75 Å². The number of rotatable bonds is 6. The molecule has 0 fully saturated rings. The molecule has 142 valence electrons. The van der Waals surface area contributed by atoms with Crippen LogP contribution in [0, 0.1) is 0 Å². The first-order valence-corrected chi connectivity index (χ1v) is 9.02. The molecule has 0 saturated heterocycles. The molecular formula is C20H24N4O3. The third kappa shape index (κ3) is 4.42. The van der Waals surface area contributed by atoms with E-state index in [4.69, 9.17) is 4.74 Å². The van der Waals surface area contributed by atoms with E-state index in [1.54, 1.807) is 18.2 Å². The third-order valence-electron chi connectivity index (χ3n) is 4.62. The lowest BCUT2D eigenvalue weighted by molar-refractivity contribution is -0.136. The first-order valence-electron chi connectivity index (χ1n) is 9.02. The van der Waals surface area contributed by atoms with Crippen molar-refractivity contribution in [1.29, 1.82) is 0 Å². The maximum Gasteiger partial charge on any atom is 0.245 e. The van der Waals surface area contributed by atoms with Crippen LogP contribution in [0.1, 0.15) is 42.9 Å². The Balaban J connectivity index is 1.68. The van der Waals surface area contributed by atoms with Crippen LogP contribution in [-0.4, -0.2) is 39.8 Å². The highest BCUT2D eigenvalue weighted by Gasteiger charge is 2.29. The molecular weight excluding hydrogens is 344 g/mol. The molecule has 0 radical (unpaired) electrons. The highest BCUT2D eigenvalue weighted by Crippen LogP contribution is 2.22. The summed E-state index contributed by atoms with van der Waals surface area (Å²) in [6, 6.07) is 7.31. The molecule has 0 spiro atoms. The fraction of sp³-hybridized carbons (Fsp3) is 0.400. The molecule has 3 rings (SSSR count). The zero-order valence-corrected chi connectivity index (χ0v) is 15.9. The predicted octanol–water partition coefficient (Wildman–Crippen LogP) is 1.83. The number of benzene rings is 1. The molecule has 0 bridgehead atoms. The number of nitrogens with one attached hydrogen (secondary N) is 1. The third-order valence-corrected chi connectivity index (χ3v) is 4.62. The monoisotopic (exact) mass is 368 g/mol. The summed E-state index contributed by atoms with van der Waals surface area (Å²) in [4.78, 5) is 34.8. The molecule has 1 aliphatic rings. The Morgan fingerprint density at radius 2 is 2.00 bits per heavy atom. The van der Waals surface area contributed by atoms with Gasteiger partial charge in [0.05, 0.1) is 19.3 Å². The number of fused-ring (bicyclic) bond motifs is 1. The van der Waals surface area contributed by atoms with Crippen molar-refractivity contribution in [2.45, 2.75) is 45.8 Å². The van der Waals surface area contributed by atoms with Gasteiger partial charge in [-0.05, 0) is 24.1 Å². The van der Waals surface area contributed by atoms with Gasteiger partial charge in [0.15, 0.2) is 0 Å². The fourth-order valence-corrected chi connectivity index (χ4v) is 3.17. The van der Waals surface area contributed by atoms with Crippen LogP contribution in [0.25, 0.3) is 0 Å². The number of carbonyl (C=O) groups is 2. The molecule has 7 nitrogen and oxygen atoms in total. The first-order chi connectivity index (χ1) is 13.0. The first kappa shape index (κ1) is 18.8. The quantitative estimate of drug-likeness (QED) is 0.841. The van der Waals surface area contributed by atoms with Crippen LogP contribution >= 0.6 is 0 Å². The second-order valence-corrected chi connectivity index (χ2v) is 6.64. The number of ether oxygens (including phenoxy) is 1. The van der Waals surface area contributed by atoms with Crippen molar-refractivity contribution < 1.29 is 14.3 Å². The van der Waals surface area contributed by atoms with E-state index < -0.39 is 6.04 Å². The van der Waals surface area contributed by atoms with Crippen LogP contribution in [0.2, 0.25) is 0 Å². The Kier molecular flexibility index (Phi) is 5.69. The van der Waals surface area contributed by atoms with Crippen molar-refractivity contribution in [3.63, 3.8) is 0 Å². The van der Waals surface area contributed by atoms with Crippen molar-refractivity contribution in [2.24, 2.45) is 0 Å². The van der Waals surface area contributed by atoms with Crippen LogP contribution in [0.5, 0.6) is 5.75 Å². The molecule has 1 aromatic carbocycles. The molecule has 1 N–H and O–H groups in total. The van der Waals surface area contributed by atoms with Gasteiger partial charge in [0, 0.05) is 31.6 Å². The Hall–Kier alpha value is -2.96. The maximum atomic E-state index is 12.7. The Morgan fingerprint density at radius 1 is 1.26 bits per heavy atom. The lowest BCUT2D eigenvalue weighted by atomic mass is 10.1. The number of carbonyl (C=O) groups excluding carboxylic acids is 2. The van der Waals surface area contributed by atoms with E-state index in [-0.39, 0.29) is 11.8 Å². The Morgan fingerprint density at radius 3 is 2.63 bits per heavy atom. The molecule has 2 aromatic rings. The van der Waals surface area contributed by atoms with E-state index in [0.29, 0.717) is 25.9 Å². The maximum absolute atomic E-state index is 12.7. The summed E-state index contributed by atoms with van der Waals surface area (Å²) in [5.41, 5.74) is 2.93. The van der Waals surface area contributed by atoms with Crippen LogP contribution < -0.4 is 10.1 Å². The molecule has 1 atom stereocenters. The van der Waals surface area contributed by atoms with Crippen LogP contribution in [-0.2, 0) is 29.1 Å². The predicted molar refractivity (Wildman–Crippen MR) is 100.0 cm³/mol. The van der Waals surface area contributed by atoms with Gasteiger partial charge in [0.1, 0.15) is 17.6 Å². The van der Waals surface area contributed by atoms with Crippen molar-refractivity contribution in [2.75, 3.05) is 7.11 Å². The van der Waals surface area contributed by atoms with E-state index in [1.165, 1.54) is 6.92 Å². The molecule has 0 aliphatic carbocycles. The summed E-state index contributed by atoms with van der Waals surface area (Å²) >= 11 is 0. The van der Waals surface area contributed by atoms with Crippen LogP contribution in [0.3, 0.4) is 0 Å². The lowest BCUT2D eigenvalue weighted by Gasteiger charge is -2.22. The van der Waals surface area contributed by atoms with Crippen molar-refractivity contribution in [1.82, 2.24) is 20.2 Å². The summed E-state index contributed by atoms with van der Waals surface area (Å²) in [6.07, 6.45) is 2.97. The normalized spacial score (nSPS) is 13.8. The summed E-state index contributed by atoms with van der Waals surface area (Å²) in [7, 11) is 1.64. The fourth-order valence-electron chi connectivity index (χ4n) is 3.17. The summed E-state index contributed by atoms with van der Waals surface area (Å²) < 4.78 is 5.17. The summed E-state index contributed by atoms with van der Waals surface area (Å²) in [6.45, 7) is 4.23. The summed E-state index contributed by atoms with van der Waals surface area (Å²) in [5.74, 6) is 1.26. The number of methoxy groups -OCH3 is 1. The molecule has 2 amide bonds. The summed E-state index contributed by atoms with van der Waals surface area (Å²) in [5, 5.41) is 2.71. The van der Waals surface area contributed by atoms with E-state index in [9.17, 15) is 9.59 Å². The van der Waals surface area contributed by atoms with Gasteiger partial charge in [-0.1, -0.05) is 19.1 Å². The van der Waals surface area contributed by atoms with Gasteiger partial charge in [-0.25, -0.2) is 9.97 Å². The Labute approximate surface area is 158 Å². The largest absolute Gasteiger partial charge is 0.497 e. The average Bonchev–Trinajstić information content (AvgIpc) is 3.09. The molecule has 0 unspecified atom stereocenters. The Bertz CT molecular complexity index is 836. The van der Waals surface area contributed by atoms with Gasteiger partial charge in [-0.3, -0.25) is 9.59 Å². The second kappa shape index (κ2) is 8.16. The van der Waals surface area contributed by atoms with E-state index in [0.717, 1.165) is 28.4 Å². The van der Waals surface area contributed by atoms with Crippen molar-refractivity contribution >= 4 is 11.8 Å². The van der Waals surface area contributed by atoms with Gasteiger partial charge in [-0.2, -0.15) is 0 Å². The zero-order valence-electron chi connectivity index (χ0n) is 15.9. The number of aromatic nitrogens is 2. The molecule has 0 saturated carbocycles. The highest BCUT2D eigenvalue weighted by molar-refractivity contribution is 5.87. The highest BCUT2D eigenvalue weighted by atomic mass is 16.5. The van der Waals surface area contributed by atoms with Crippen LogP contribution in [0.4, 0.5) is 0 Å². The van der Waals surface area contributed by atoms with E-state index >= 15 is 0 Å². The molecule has 2 heterocycles. The lowest BCUT2D eigenvalue weighted by Crippen LogP contribution is -2.45. The van der Waals surface area contributed by atoms with Gasteiger partial charge in [-0.15, -0.1) is 0 Å². The number of hydrogen-bond donors (Lipinski definition) is 1. The number of hydrogen-bond acceptors (Lipinski definition) is 5. The molecule has 1 aliphatic heterocycles. The minimum atomic E-state index is -0.497. The standard InChI is InChI=1S/C20H24N4O3/c1-4-17(22-13(2)25)20(26)24-11-15-10-21-19(23-18(15)12-24)9-14-5-7-16(27-3)8-6-14/h5-8,10,17H,4,9,11-12H2,1-3H3,(H,22,25)/t17-/m1/s1. The minimum absolute atomic E-state index is 0.0811. The van der Waals surface area contributed by atoms with E-state index in [1.807, 2.05) is 31.2 Å². The average molecular weight is 368 g/mol. The smallest absolute Gasteiger partial charge is 0.245 e. The zero-order chi connectivity index (χ0) is 19.4. The number of amides is 2. The molecule has 7 heteroatoms. The van der Waals surface area contributed by atoms with Gasteiger partial charge >= 0.3 is 0 Å². The van der Waals surface area contributed by atoms with Crippen molar-refractivity contribution in [3.05, 3.63) is 53.1 Å². The molecule has 27 heavy (non-hydrogen) atoms. The van der Waals surface area contributed by atoms with E-state index in [2.05, 4.69) is 15.3 Å². The minimum Gasteiger partial charge on any atom is -0.497 e. The molecule has 1 aromatic heterocycles. The van der Waals surface area contributed by atoms with Gasteiger partial charge in [0.2, 0.25) is 11.8 Å².